The van der Waals surface area contributed by atoms with E-state index in [1.54, 1.807) is 20.4 Å². The van der Waals surface area contributed by atoms with E-state index < -0.39 is 0 Å². The van der Waals surface area contributed by atoms with Gasteiger partial charge in [-0.15, -0.1) is 0 Å². The van der Waals surface area contributed by atoms with Crippen LogP contribution in [0, 0.1) is 3.57 Å². The zero-order chi connectivity index (χ0) is 10.8. The number of fused-ring (bicyclic) bond motifs is 1. The Labute approximate surface area is 102 Å². The van der Waals surface area contributed by atoms with Crippen LogP contribution >= 0.6 is 22.6 Å². The standard InChI is InChI=1S/C11H10INO2/c1-14-10-5-7-8(12)3-4-13-9(7)6-11(10)15-2/h3-6H,1-2H3. The highest BCUT2D eigenvalue weighted by Gasteiger charge is 2.07. The van der Waals surface area contributed by atoms with Crippen molar-refractivity contribution in [1.29, 1.82) is 0 Å². The van der Waals surface area contributed by atoms with Crippen LogP contribution in [-0.2, 0) is 0 Å². The van der Waals surface area contributed by atoms with Crippen LogP contribution in [0.4, 0.5) is 0 Å². The van der Waals surface area contributed by atoms with Gasteiger partial charge in [-0.2, -0.15) is 0 Å². The summed E-state index contributed by atoms with van der Waals surface area (Å²) in [5.74, 6) is 1.44. The third-order valence-electron chi connectivity index (χ3n) is 2.19. The Morgan fingerprint density at radius 1 is 1.13 bits per heavy atom. The molecule has 0 saturated heterocycles. The van der Waals surface area contributed by atoms with Crippen molar-refractivity contribution < 1.29 is 9.47 Å². The van der Waals surface area contributed by atoms with E-state index in [4.69, 9.17) is 9.47 Å². The highest BCUT2D eigenvalue weighted by molar-refractivity contribution is 14.1. The number of rotatable bonds is 2. The Morgan fingerprint density at radius 3 is 2.47 bits per heavy atom. The maximum atomic E-state index is 5.24. The predicted molar refractivity (Wildman–Crippen MR) is 67.6 cm³/mol. The van der Waals surface area contributed by atoms with Gasteiger partial charge < -0.3 is 9.47 Å². The minimum atomic E-state index is 0.708. The Hall–Kier alpha value is -1.04. The normalized spacial score (nSPS) is 10.3. The fourth-order valence-corrected chi connectivity index (χ4v) is 2.03. The lowest BCUT2D eigenvalue weighted by Gasteiger charge is -2.09. The molecule has 0 atom stereocenters. The van der Waals surface area contributed by atoms with Crippen molar-refractivity contribution in [2.75, 3.05) is 14.2 Å². The zero-order valence-electron chi connectivity index (χ0n) is 8.45. The quantitative estimate of drug-likeness (QED) is 0.799. The summed E-state index contributed by atoms with van der Waals surface area (Å²) in [5, 5.41) is 1.08. The molecule has 15 heavy (non-hydrogen) atoms. The highest BCUT2D eigenvalue weighted by atomic mass is 127. The van der Waals surface area contributed by atoms with Crippen LogP contribution in [0.2, 0.25) is 0 Å². The number of hydrogen-bond acceptors (Lipinski definition) is 3. The number of benzene rings is 1. The summed E-state index contributed by atoms with van der Waals surface area (Å²) in [7, 11) is 3.25. The van der Waals surface area contributed by atoms with Gasteiger partial charge in [0.1, 0.15) is 0 Å². The molecule has 0 amide bonds. The molecule has 0 aliphatic heterocycles. The summed E-state index contributed by atoms with van der Waals surface area (Å²) in [5.41, 5.74) is 0.916. The fourth-order valence-electron chi connectivity index (χ4n) is 1.44. The molecule has 0 saturated carbocycles. The summed E-state index contributed by atoms with van der Waals surface area (Å²) in [4.78, 5) is 4.29. The molecule has 78 valence electrons. The highest BCUT2D eigenvalue weighted by Crippen LogP contribution is 2.32. The van der Waals surface area contributed by atoms with Gasteiger partial charge in [-0.05, 0) is 34.7 Å². The number of methoxy groups -OCH3 is 2. The molecule has 1 heterocycles. The molecule has 0 spiro atoms. The second kappa shape index (κ2) is 4.22. The summed E-state index contributed by atoms with van der Waals surface area (Å²) < 4.78 is 11.6. The van der Waals surface area contributed by atoms with Crippen LogP contribution in [0.15, 0.2) is 24.4 Å². The third kappa shape index (κ3) is 1.86. The van der Waals surface area contributed by atoms with Gasteiger partial charge in [0.15, 0.2) is 11.5 Å². The topological polar surface area (TPSA) is 31.4 Å². The molecule has 3 nitrogen and oxygen atoms in total. The molecule has 0 radical (unpaired) electrons. The molecule has 0 N–H and O–H groups in total. The van der Waals surface area contributed by atoms with E-state index in [2.05, 4.69) is 27.6 Å². The Bertz CT molecular complexity index is 499. The fraction of sp³-hybridized carbons (Fsp3) is 0.182. The first-order valence-electron chi connectivity index (χ1n) is 4.42. The predicted octanol–water partition coefficient (Wildman–Crippen LogP) is 2.86. The van der Waals surface area contributed by atoms with E-state index in [0.717, 1.165) is 20.2 Å². The van der Waals surface area contributed by atoms with Crippen molar-refractivity contribution in [3.8, 4) is 11.5 Å². The number of nitrogens with zero attached hydrogens (tertiary/aromatic N) is 1. The van der Waals surface area contributed by atoms with E-state index in [-0.39, 0.29) is 0 Å². The number of pyridine rings is 1. The number of ether oxygens (including phenoxy) is 2. The monoisotopic (exact) mass is 315 g/mol. The van der Waals surface area contributed by atoms with Gasteiger partial charge >= 0.3 is 0 Å². The van der Waals surface area contributed by atoms with Crippen molar-refractivity contribution in [3.05, 3.63) is 28.0 Å². The number of hydrogen-bond donors (Lipinski definition) is 0. The molecule has 0 aliphatic carbocycles. The molecule has 0 fully saturated rings. The summed E-state index contributed by atoms with van der Waals surface area (Å²) >= 11 is 2.28. The van der Waals surface area contributed by atoms with Gasteiger partial charge in [0.05, 0.1) is 19.7 Å². The molecule has 1 aromatic carbocycles. The molecule has 2 aromatic rings. The molecular formula is C11H10INO2. The van der Waals surface area contributed by atoms with E-state index in [1.165, 1.54) is 0 Å². The molecular weight excluding hydrogens is 305 g/mol. The first-order chi connectivity index (χ1) is 7.26. The molecule has 2 rings (SSSR count). The smallest absolute Gasteiger partial charge is 0.162 e. The second-order valence-corrected chi connectivity index (χ2v) is 4.18. The van der Waals surface area contributed by atoms with Gasteiger partial charge in [0, 0.05) is 21.2 Å². The van der Waals surface area contributed by atoms with E-state index in [9.17, 15) is 0 Å². The van der Waals surface area contributed by atoms with E-state index in [0.29, 0.717) is 5.75 Å². The summed E-state index contributed by atoms with van der Waals surface area (Å²) in [6.45, 7) is 0. The number of aromatic nitrogens is 1. The minimum Gasteiger partial charge on any atom is -0.493 e. The first kappa shape index (κ1) is 10.5. The second-order valence-electron chi connectivity index (χ2n) is 3.02. The molecule has 0 aliphatic rings. The Balaban J connectivity index is 2.75. The maximum absolute atomic E-state index is 5.24. The molecule has 0 bridgehead atoms. The summed E-state index contributed by atoms with van der Waals surface area (Å²) in [6.07, 6.45) is 1.79. The van der Waals surface area contributed by atoms with E-state index in [1.807, 2.05) is 18.2 Å². The molecule has 1 aromatic heterocycles. The zero-order valence-corrected chi connectivity index (χ0v) is 10.6. The average Bonchev–Trinajstić information content (AvgIpc) is 2.28. The molecule has 0 unspecified atom stereocenters. The van der Waals surface area contributed by atoms with Crippen LogP contribution in [0.1, 0.15) is 0 Å². The average molecular weight is 315 g/mol. The third-order valence-corrected chi connectivity index (χ3v) is 3.13. The number of halogens is 1. The lowest BCUT2D eigenvalue weighted by Crippen LogP contribution is -1.92. The summed E-state index contributed by atoms with van der Waals surface area (Å²) in [6, 6.07) is 5.80. The van der Waals surface area contributed by atoms with Crippen molar-refractivity contribution in [1.82, 2.24) is 4.98 Å². The SMILES string of the molecule is COc1cc2nccc(I)c2cc1OC. The van der Waals surface area contributed by atoms with Gasteiger partial charge in [0.25, 0.3) is 0 Å². The largest absolute Gasteiger partial charge is 0.493 e. The maximum Gasteiger partial charge on any atom is 0.162 e. The van der Waals surface area contributed by atoms with E-state index >= 15 is 0 Å². The van der Waals surface area contributed by atoms with Crippen molar-refractivity contribution in [2.45, 2.75) is 0 Å². The Kier molecular flexibility index (Phi) is 2.95. The first-order valence-corrected chi connectivity index (χ1v) is 5.50. The van der Waals surface area contributed by atoms with Gasteiger partial charge in [0.2, 0.25) is 0 Å². The van der Waals surface area contributed by atoms with Gasteiger partial charge in [-0.3, -0.25) is 4.98 Å². The lowest BCUT2D eigenvalue weighted by atomic mass is 10.2. The van der Waals surface area contributed by atoms with Crippen LogP contribution < -0.4 is 9.47 Å². The van der Waals surface area contributed by atoms with Crippen LogP contribution in [0.3, 0.4) is 0 Å². The molecule has 4 heteroatoms. The van der Waals surface area contributed by atoms with Crippen LogP contribution in [-0.4, -0.2) is 19.2 Å². The van der Waals surface area contributed by atoms with Crippen molar-refractivity contribution in [2.24, 2.45) is 0 Å². The van der Waals surface area contributed by atoms with Crippen LogP contribution in [0.25, 0.3) is 10.9 Å². The van der Waals surface area contributed by atoms with Gasteiger partial charge in [-0.25, -0.2) is 0 Å². The van der Waals surface area contributed by atoms with Gasteiger partial charge in [-0.1, -0.05) is 0 Å². The minimum absolute atomic E-state index is 0.708. The van der Waals surface area contributed by atoms with Crippen LogP contribution in [0.5, 0.6) is 11.5 Å². The Morgan fingerprint density at radius 2 is 1.80 bits per heavy atom. The van der Waals surface area contributed by atoms with Crippen molar-refractivity contribution in [3.63, 3.8) is 0 Å². The lowest BCUT2D eigenvalue weighted by molar-refractivity contribution is 0.356. The van der Waals surface area contributed by atoms with Crippen molar-refractivity contribution >= 4 is 33.5 Å².